The molecule has 4 fully saturated rings. The molecule has 1 atom stereocenters. The number of carbonyl (C=O) groups excluding carboxylic acids is 3. The third-order valence-corrected chi connectivity index (χ3v) is 13.2. The number of rotatable bonds is 7. The van der Waals surface area contributed by atoms with Crippen LogP contribution in [-0.4, -0.2) is 104 Å². The first kappa shape index (κ1) is 38.7. The average Bonchev–Trinajstić information content (AvgIpc) is 3.89. The molecule has 7 aliphatic rings. The van der Waals surface area contributed by atoms with E-state index in [1.165, 1.54) is 11.3 Å². The highest BCUT2D eigenvalue weighted by molar-refractivity contribution is 6.01. The first-order valence-electron chi connectivity index (χ1n) is 21.1. The fourth-order valence-electron chi connectivity index (χ4n) is 10.0. The van der Waals surface area contributed by atoms with Gasteiger partial charge in [0.05, 0.1) is 22.9 Å². The highest BCUT2D eigenvalue weighted by Crippen LogP contribution is 2.38. The van der Waals surface area contributed by atoms with Crippen molar-refractivity contribution in [3.8, 4) is 11.4 Å². The highest BCUT2D eigenvalue weighted by atomic mass is 16.3. The van der Waals surface area contributed by atoms with Gasteiger partial charge in [0.1, 0.15) is 17.2 Å². The molecule has 6 aliphatic heterocycles. The van der Waals surface area contributed by atoms with Crippen LogP contribution >= 0.6 is 0 Å². The van der Waals surface area contributed by atoms with Gasteiger partial charge in [-0.15, -0.1) is 0 Å². The maximum Gasteiger partial charge on any atom is 0.253 e. The van der Waals surface area contributed by atoms with E-state index in [4.69, 9.17) is 4.98 Å². The number of aromatic nitrogens is 4. The zero-order valence-electron chi connectivity index (χ0n) is 34.0. The normalized spacial score (nSPS) is 21.7. The molecule has 3 saturated heterocycles. The molecule has 1 aliphatic carbocycles. The van der Waals surface area contributed by atoms with Crippen LogP contribution < -0.4 is 31.3 Å². The van der Waals surface area contributed by atoms with Gasteiger partial charge in [-0.2, -0.15) is 9.98 Å². The number of aliphatic hydroxyl groups excluding tert-OH is 1. The topological polar surface area (TPSA) is 152 Å². The maximum absolute atomic E-state index is 12.6. The van der Waals surface area contributed by atoms with Gasteiger partial charge >= 0.3 is 0 Å². The van der Waals surface area contributed by atoms with Crippen LogP contribution in [0.1, 0.15) is 81.0 Å². The van der Waals surface area contributed by atoms with Crippen molar-refractivity contribution in [2.45, 2.75) is 83.8 Å². The standard InChI is InChI=1S/C45H52N10O4/c1-28-37-24-47-45(50-43(37)55(33-6-4-5-7-33)39(27-56)42(28)30(3)57)48-40-12-9-35(23-46-40)53-20-18-51(19-21-53)25-31-14-16-52(17-15-31)34-8-10-36-29(2)54(26-32(36)22-34)38-11-13-41(58)49-44(38)59/h8-10,12,22-24,31,33,38,57H,2,4-7,11,13-21,25-26H2,1,3H3,(H,49,58,59)/b42-30+,48-45?. The van der Waals surface area contributed by atoms with Gasteiger partial charge in [0.15, 0.2) is 11.8 Å². The van der Waals surface area contributed by atoms with Crippen molar-refractivity contribution in [3.63, 3.8) is 0 Å². The number of pyridine rings is 2. The van der Waals surface area contributed by atoms with Crippen molar-refractivity contribution in [2.24, 2.45) is 10.9 Å². The number of hydrogen-bond acceptors (Lipinski definition) is 12. The van der Waals surface area contributed by atoms with Gasteiger partial charge in [-0.25, -0.2) is 14.8 Å². The summed E-state index contributed by atoms with van der Waals surface area (Å²) >= 11 is 0. The van der Waals surface area contributed by atoms with E-state index < -0.39 is 0 Å². The van der Waals surface area contributed by atoms with Crippen LogP contribution in [0.5, 0.6) is 0 Å². The number of piperidine rings is 2. The molecule has 59 heavy (non-hydrogen) atoms. The Bertz CT molecular complexity index is 2480. The van der Waals surface area contributed by atoms with Crippen LogP contribution in [-0.2, 0) is 20.9 Å². The summed E-state index contributed by atoms with van der Waals surface area (Å²) in [6.07, 6.45) is 10.8. The highest BCUT2D eigenvalue weighted by Gasteiger charge is 2.37. The monoisotopic (exact) mass is 796 g/mol. The van der Waals surface area contributed by atoms with Crippen molar-refractivity contribution in [1.29, 1.82) is 0 Å². The van der Waals surface area contributed by atoms with E-state index in [1.807, 2.05) is 23.8 Å². The summed E-state index contributed by atoms with van der Waals surface area (Å²) in [7, 11) is 0. The fraction of sp³-hybridized carbons (Fsp3) is 0.467. The molecule has 14 nitrogen and oxygen atoms in total. The maximum atomic E-state index is 12.6. The van der Waals surface area contributed by atoms with E-state index in [1.54, 1.807) is 13.1 Å². The van der Waals surface area contributed by atoms with Crippen molar-refractivity contribution in [3.05, 3.63) is 82.2 Å². The molecule has 1 aromatic heterocycles. The average molecular weight is 797 g/mol. The predicted molar refractivity (Wildman–Crippen MR) is 225 cm³/mol. The van der Waals surface area contributed by atoms with Gasteiger partial charge in [0.2, 0.25) is 11.8 Å². The molecular formula is C45H52N10O4. The summed E-state index contributed by atoms with van der Waals surface area (Å²) in [5, 5.41) is 13.8. The second-order valence-corrected chi connectivity index (χ2v) is 16.8. The minimum Gasteiger partial charge on any atom is -0.512 e. The number of amides is 2. The molecule has 2 aromatic rings. The molecule has 1 saturated carbocycles. The number of nitrogens with zero attached hydrogens (tertiary/aromatic N) is 9. The van der Waals surface area contributed by atoms with Crippen LogP contribution in [0.15, 0.2) is 54.3 Å². The van der Waals surface area contributed by atoms with Crippen LogP contribution in [0.25, 0.3) is 22.8 Å². The summed E-state index contributed by atoms with van der Waals surface area (Å²) in [6.45, 7) is 15.4. The molecule has 0 spiro atoms. The molecule has 1 aromatic carbocycles. The SMILES string of the molecule is C=C1c2ccc(N3CCC(CN4CCN(c5ccc(N=c6ncc7c(C)/c(=C(/C)O)c(=C=O)n(C8CCCC8)c-7n6)nc5)CC4)CC3)cc2CN1C1CCC(=O)NC1=O. The summed E-state index contributed by atoms with van der Waals surface area (Å²) in [6, 6.07) is 10.3. The Morgan fingerprint density at radius 2 is 1.68 bits per heavy atom. The number of imide groups is 1. The van der Waals surface area contributed by atoms with Gasteiger partial charge in [-0.3, -0.25) is 19.8 Å². The van der Waals surface area contributed by atoms with Crippen LogP contribution in [0.2, 0.25) is 0 Å². The van der Waals surface area contributed by atoms with Gasteiger partial charge in [-0.1, -0.05) is 25.5 Å². The lowest BCUT2D eigenvalue weighted by molar-refractivity contribution is -0.136. The molecule has 306 valence electrons. The largest absolute Gasteiger partial charge is 0.512 e. The van der Waals surface area contributed by atoms with E-state index in [0.29, 0.717) is 47.5 Å². The fourth-order valence-corrected chi connectivity index (χ4v) is 10.0. The molecule has 2 N–H and O–H groups in total. The van der Waals surface area contributed by atoms with Gasteiger partial charge in [-0.05, 0) is 87.3 Å². The van der Waals surface area contributed by atoms with Gasteiger partial charge in [0.25, 0.3) is 5.62 Å². The zero-order valence-corrected chi connectivity index (χ0v) is 34.0. The number of benzene rings is 1. The van der Waals surface area contributed by atoms with Crippen LogP contribution in [0, 0.1) is 12.8 Å². The summed E-state index contributed by atoms with van der Waals surface area (Å²) < 4.78 is 1.94. The smallest absolute Gasteiger partial charge is 0.253 e. The number of aliphatic hydroxyl groups is 1. The summed E-state index contributed by atoms with van der Waals surface area (Å²) in [5.41, 5.74) is 7.24. The van der Waals surface area contributed by atoms with E-state index in [9.17, 15) is 19.5 Å². The molecule has 1 unspecified atom stereocenters. The Labute approximate surface area is 343 Å². The number of hydrogen-bond donors (Lipinski definition) is 2. The minimum atomic E-state index is -0.351. The Hall–Kier alpha value is -5.85. The number of anilines is 2. The van der Waals surface area contributed by atoms with E-state index in [-0.39, 0.29) is 35.3 Å². The van der Waals surface area contributed by atoms with Gasteiger partial charge in [0, 0.05) is 93.5 Å². The van der Waals surface area contributed by atoms with Crippen molar-refractivity contribution in [1.82, 2.24) is 34.6 Å². The molecule has 9 rings (SSSR count). The first-order valence-corrected chi connectivity index (χ1v) is 21.1. The molecule has 2 amide bonds. The van der Waals surface area contributed by atoms with Crippen molar-refractivity contribution in [2.75, 3.05) is 55.6 Å². The molecular weight excluding hydrogens is 745 g/mol. The number of piperazine rings is 1. The van der Waals surface area contributed by atoms with Crippen molar-refractivity contribution >= 4 is 46.4 Å². The Balaban J connectivity index is 0.796. The summed E-state index contributed by atoms with van der Waals surface area (Å²) in [5.74, 6) is 3.57. The van der Waals surface area contributed by atoms with E-state index in [2.05, 4.69) is 76.7 Å². The van der Waals surface area contributed by atoms with Crippen LogP contribution in [0.3, 0.4) is 0 Å². The Morgan fingerprint density at radius 3 is 2.37 bits per heavy atom. The van der Waals surface area contributed by atoms with Crippen LogP contribution in [0.4, 0.5) is 17.2 Å². The second kappa shape index (κ2) is 16.1. The first-order chi connectivity index (χ1) is 28.6. The number of fused-ring (bicyclic) bond motifs is 2. The zero-order chi connectivity index (χ0) is 40.8. The van der Waals surface area contributed by atoms with Gasteiger partial charge < -0.3 is 24.4 Å². The third-order valence-electron chi connectivity index (χ3n) is 13.2. The van der Waals surface area contributed by atoms with E-state index >= 15 is 0 Å². The quantitative estimate of drug-likeness (QED) is 0.265. The lowest BCUT2D eigenvalue weighted by Crippen LogP contribution is -2.50. The molecule has 14 heteroatoms. The lowest BCUT2D eigenvalue weighted by Gasteiger charge is -2.40. The Morgan fingerprint density at radius 1 is 0.932 bits per heavy atom. The summed E-state index contributed by atoms with van der Waals surface area (Å²) in [4.78, 5) is 64.9. The molecule has 7 heterocycles. The minimum absolute atomic E-state index is 0.0785. The molecule has 0 bridgehead atoms. The van der Waals surface area contributed by atoms with Crippen molar-refractivity contribution < 1.29 is 19.5 Å². The van der Waals surface area contributed by atoms with E-state index in [0.717, 1.165) is 112 Å². The molecule has 0 radical (unpaired) electrons. The number of nitrogens with one attached hydrogen (secondary N) is 1. The third kappa shape index (κ3) is 7.51. The number of carbonyl (C=O) groups is 2. The predicted octanol–water partition coefficient (Wildman–Crippen LogP) is 3.25. The second-order valence-electron chi connectivity index (χ2n) is 16.8. The lowest BCUT2D eigenvalue weighted by atomic mass is 9.95. The Kier molecular flexibility index (Phi) is 10.5.